The Balaban J connectivity index is 1.88. The molecule has 5 nitrogen and oxygen atoms in total. The predicted octanol–water partition coefficient (Wildman–Crippen LogP) is 1.49. The fourth-order valence-corrected chi connectivity index (χ4v) is 2.61. The Morgan fingerprint density at radius 3 is 3.15 bits per heavy atom. The van der Waals surface area contributed by atoms with Gasteiger partial charge in [-0.15, -0.1) is 0 Å². The fraction of sp³-hybridized carbons (Fsp3) is 0.400. The van der Waals surface area contributed by atoms with Crippen LogP contribution in [0.15, 0.2) is 24.4 Å². The monoisotopic (exact) mass is 274 g/mol. The lowest BCUT2D eigenvalue weighted by Gasteiger charge is -2.23. The largest absolute Gasteiger partial charge is 0.465 e. The van der Waals surface area contributed by atoms with Crippen LogP contribution in [0.4, 0.5) is 0 Å². The summed E-state index contributed by atoms with van der Waals surface area (Å²) in [7, 11) is 1.40. The Bertz CT molecular complexity index is 615. The van der Waals surface area contributed by atoms with Crippen molar-refractivity contribution in [3.8, 4) is 0 Å². The number of morpholine rings is 1. The third-order valence-electron chi connectivity index (χ3n) is 3.65. The summed E-state index contributed by atoms with van der Waals surface area (Å²) in [5.74, 6) is -0.307. The molecule has 0 aliphatic carbocycles. The number of aromatic nitrogens is 1. The van der Waals surface area contributed by atoms with Crippen LogP contribution < -0.4 is 5.32 Å². The van der Waals surface area contributed by atoms with Crippen molar-refractivity contribution < 1.29 is 14.3 Å². The second-order valence-corrected chi connectivity index (χ2v) is 5.00. The number of H-pyrrole nitrogens is 1. The number of carbonyl (C=O) groups excluding carboxylic acids is 1. The maximum atomic E-state index is 11.6. The maximum absolute atomic E-state index is 11.6. The highest BCUT2D eigenvalue weighted by Crippen LogP contribution is 2.22. The molecule has 3 rings (SSSR count). The molecule has 1 atom stereocenters. The van der Waals surface area contributed by atoms with Gasteiger partial charge in [-0.2, -0.15) is 0 Å². The number of hydrogen-bond acceptors (Lipinski definition) is 4. The fourth-order valence-electron chi connectivity index (χ4n) is 2.61. The van der Waals surface area contributed by atoms with Crippen LogP contribution in [0.25, 0.3) is 10.9 Å². The zero-order valence-corrected chi connectivity index (χ0v) is 11.4. The van der Waals surface area contributed by atoms with E-state index in [1.165, 1.54) is 12.7 Å². The van der Waals surface area contributed by atoms with Crippen LogP contribution in [-0.4, -0.2) is 43.9 Å². The van der Waals surface area contributed by atoms with Gasteiger partial charge in [0.2, 0.25) is 0 Å². The highest BCUT2D eigenvalue weighted by Gasteiger charge is 2.16. The Hall–Kier alpha value is -1.85. The molecule has 5 heteroatoms. The molecule has 2 aromatic rings. The summed E-state index contributed by atoms with van der Waals surface area (Å²) >= 11 is 0. The third kappa shape index (κ3) is 2.55. The second kappa shape index (κ2) is 5.64. The smallest absolute Gasteiger partial charge is 0.337 e. The van der Waals surface area contributed by atoms with E-state index in [9.17, 15) is 4.79 Å². The first kappa shape index (κ1) is 13.1. The van der Waals surface area contributed by atoms with Crippen molar-refractivity contribution in [2.24, 2.45) is 0 Å². The molecule has 1 aromatic heterocycles. The van der Waals surface area contributed by atoms with Crippen LogP contribution in [0.5, 0.6) is 0 Å². The predicted molar refractivity (Wildman–Crippen MR) is 76.0 cm³/mol. The van der Waals surface area contributed by atoms with Gasteiger partial charge >= 0.3 is 5.97 Å². The Kier molecular flexibility index (Phi) is 3.71. The molecule has 0 radical (unpaired) electrons. The molecular formula is C15H18N2O3. The van der Waals surface area contributed by atoms with E-state index < -0.39 is 0 Å². The molecule has 20 heavy (non-hydrogen) atoms. The molecule has 0 spiro atoms. The van der Waals surface area contributed by atoms with Crippen molar-refractivity contribution in [3.63, 3.8) is 0 Å². The standard InChI is InChI=1S/C15H18N2O3/c1-19-15(18)10-2-3-14-13(7-10)11(8-17-14)6-12-9-20-5-4-16-12/h2-3,7-8,12,16-17H,4-6,9H2,1H3/t12-/m0/s1. The number of hydrogen-bond donors (Lipinski definition) is 2. The second-order valence-electron chi connectivity index (χ2n) is 5.00. The zero-order valence-electron chi connectivity index (χ0n) is 11.4. The Morgan fingerprint density at radius 2 is 2.40 bits per heavy atom. The van der Waals surface area contributed by atoms with Crippen LogP contribution in [0, 0.1) is 0 Å². The number of nitrogens with one attached hydrogen (secondary N) is 2. The molecule has 0 bridgehead atoms. The summed E-state index contributed by atoms with van der Waals surface area (Å²) in [4.78, 5) is 14.9. The number of ether oxygens (including phenoxy) is 2. The SMILES string of the molecule is COC(=O)c1ccc2[nH]cc(C[C@H]3COCCN3)c2c1. The van der Waals surface area contributed by atoms with Gasteiger partial charge in [-0.3, -0.25) is 0 Å². The summed E-state index contributed by atoms with van der Waals surface area (Å²) in [6.45, 7) is 2.39. The summed E-state index contributed by atoms with van der Waals surface area (Å²) in [6.07, 6.45) is 2.88. The van der Waals surface area contributed by atoms with Crippen molar-refractivity contribution in [1.29, 1.82) is 0 Å². The van der Waals surface area contributed by atoms with Gasteiger partial charge in [0.1, 0.15) is 0 Å². The van der Waals surface area contributed by atoms with E-state index in [-0.39, 0.29) is 5.97 Å². The van der Waals surface area contributed by atoms with E-state index in [1.807, 2.05) is 18.3 Å². The van der Waals surface area contributed by atoms with E-state index in [4.69, 9.17) is 9.47 Å². The first-order valence-electron chi connectivity index (χ1n) is 6.77. The molecule has 1 aliphatic rings. The Labute approximate surface area is 117 Å². The summed E-state index contributed by atoms with van der Waals surface area (Å²) < 4.78 is 10.2. The van der Waals surface area contributed by atoms with E-state index in [2.05, 4.69) is 10.3 Å². The lowest BCUT2D eigenvalue weighted by molar-refractivity contribution is 0.0601. The quantitative estimate of drug-likeness (QED) is 0.832. The number of methoxy groups -OCH3 is 1. The first-order chi connectivity index (χ1) is 9.78. The summed E-state index contributed by atoms with van der Waals surface area (Å²) in [5.41, 5.74) is 2.80. The molecule has 1 fully saturated rings. The third-order valence-corrected chi connectivity index (χ3v) is 3.65. The topological polar surface area (TPSA) is 63.4 Å². The highest BCUT2D eigenvalue weighted by molar-refractivity contribution is 5.95. The van der Waals surface area contributed by atoms with Gasteiger partial charge in [0.15, 0.2) is 0 Å². The van der Waals surface area contributed by atoms with Gasteiger partial charge in [0, 0.05) is 29.7 Å². The van der Waals surface area contributed by atoms with Crippen molar-refractivity contribution in [2.75, 3.05) is 26.9 Å². The number of aromatic amines is 1. The number of esters is 1. The molecular weight excluding hydrogens is 256 g/mol. The van der Waals surface area contributed by atoms with E-state index in [0.29, 0.717) is 11.6 Å². The van der Waals surface area contributed by atoms with Gasteiger partial charge < -0.3 is 19.8 Å². The minimum Gasteiger partial charge on any atom is -0.465 e. The van der Waals surface area contributed by atoms with Gasteiger partial charge in [-0.1, -0.05) is 0 Å². The van der Waals surface area contributed by atoms with Gasteiger partial charge in [0.05, 0.1) is 25.9 Å². The highest BCUT2D eigenvalue weighted by atomic mass is 16.5. The van der Waals surface area contributed by atoms with E-state index in [0.717, 1.165) is 37.1 Å². The minimum absolute atomic E-state index is 0.307. The zero-order chi connectivity index (χ0) is 13.9. The minimum atomic E-state index is -0.307. The van der Waals surface area contributed by atoms with Crippen molar-refractivity contribution in [2.45, 2.75) is 12.5 Å². The number of rotatable bonds is 3. The number of carbonyl (C=O) groups is 1. The van der Waals surface area contributed by atoms with Crippen LogP contribution in [0.1, 0.15) is 15.9 Å². The van der Waals surface area contributed by atoms with Crippen LogP contribution in [-0.2, 0) is 15.9 Å². The molecule has 0 saturated carbocycles. The van der Waals surface area contributed by atoms with Gasteiger partial charge in [-0.05, 0) is 30.2 Å². The average Bonchev–Trinajstić information content (AvgIpc) is 2.90. The van der Waals surface area contributed by atoms with Crippen LogP contribution in [0.3, 0.4) is 0 Å². The number of benzene rings is 1. The molecule has 0 amide bonds. The molecule has 1 aliphatic heterocycles. The Morgan fingerprint density at radius 1 is 1.50 bits per heavy atom. The van der Waals surface area contributed by atoms with E-state index >= 15 is 0 Å². The average molecular weight is 274 g/mol. The maximum Gasteiger partial charge on any atom is 0.337 e. The lowest BCUT2D eigenvalue weighted by Crippen LogP contribution is -2.42. The summed E-state index contributed by atoms with van der Waals surface area (Å²) in [6, 6.07) is 5.90. The lowest BCUT2D eigenvalue weighted by atomic mass is 10.0. The molecule has 0 unspecified atom stereocenters. The van der Waals surface area contributed by atoms with Crippen molar-refractivity contribution >= 4 is 16.9 Å². The van der Waals surface area contributed by atoms with Crippen LogP contribution in [0.2, 0.25) is 0 Å². The first-order valence-corrected chi connectivity index (χ1v) is 6.77. The normalized spacial score (nSPS) is 19.1. The molecule has 1 aromatic carbocycles. The van der Waals surface area contributed by atoms with Gasteiger partial charge in [0.25, 0.3) is 0 Å². The molecule has 106 valence electrons. The molecule has 2 N–H and O–H groups in total. The van der Waals surface area contributed by atoms with Crippen molar-refractivity contribution in [3.05, 3.63) is 35.5 Å². The molecule has 2 heterocycles. The van der Waals surface area contributed by atoms with Gasteiger partial charge in [-0.25, -0.2) is 4.79 Å². The van der Waals surface area contributed by atoms with E-state index in [1.54, 1.807) is 6.07 Å². The number of fused-ring (bicyclic) bond motifs is 1. The molecule has 1 saturated heterocycles. The summed E-state index contributed by atoms with van der Waals surface area (Å²) in [5, 5.41) is 4.51. The van der Waals surface area contributed by atoms with Crippen molar-refractivity contribution in [1.82, 2.24) is 10.3 Å². The van der Waals surface area contributed by atoms with Crippen LogP contribution >= 0.6 is 0 Å².